The Morgan fingerprint density at radius 3 is 2.61 bits per heavy atom. The standard InChI is InChI=1S/C21H19N5O3S2/c1-3-14(17(27)25-21-22-9-10-30-21)26-11-23-19-15(20(26)29)12(2)16(31-19)18(28)24-13-7-5-4-6-8-13/h4-11,14H,3H2,1-2H3,(H,24,28)(H,22,25,27). The number of anilines is 2. The maximum atomic E-state index is 13.3. The highest BCUT2D eigenvalue weighted by atomic mass is 32.1. The lowest BCUT2D eigenvalue weighted by Crippen LogP contribution is -2.33. The zero-order valence-corrected chi connectivity index (χ0v) is 18.4. The fourth-order valence-electron chi connectivity index (χ4n) is 3.27. The van der Waals surface area contributed by atoms with E-state index in [1.54, 1.807) is 30.6 Å². The third-order valence-corrected chi connectivity index (χ3v) is 6.69. The van der Waals surface area contributed by atoms with Gasteiger partial charge in [0.05, 0.1) is 16.6 Å². The molecule has 0 spiro atoms. The molecule has 2 N–H and O–H groups in total. The molecule has 2 amide bonds. The maximum absolute atomic E-state index is 13.3. The van der Waals surface area contributed by atoms with Crippen LogP contribution in [0.1, 0.15) is 34.6 Å². The van der Waals surface area contributed by atoms with Gasteiger partial charge in [0.1, 0.15) is 10.9 Å². The number of nitrogens with one attached hydrogen (secondary N) is 2. The van der Waals surface area contributed by atoms with Crippen molar-refractivity contribution >= 4 is 55.5 Å². The molecule has 8 nitrogen and oxygen atoms in total. The Morgan fingerprint density at radius 2 is 1.94 bits per heavy atom. The van der Waals surface area contributed by atoms with E-state index in [1.165, 1.54) is 22.2 Å². The van der Waals surface area contributed by atoms with Crippen molar-refractivity contribution in [2.45, 2.75) is 26.3 Å². The fourth-order valence-corrected chi connectivity index (χ4v) is 4.83. The van der Waals surface area contributed by atoms with Gasteiger partial charge < -0.3 is 10.6 Å². The summed E-state index contributed by atoms with van der Waals surface area (Å²) in [6.45, 7) is 3.55. The monoisotopic (exact) mass is 453 g/mol. The van der Waals surface area contributed by atoms with Gasteiger partial charge in [-0.05, 0) is 31.0 Å². The van der Waals surface area contributed by atoms with Crippen molar-refractivity contribution in [2.24, 2.45) is 0 Å². The van der Waals surface area contributed by atoms with E-state index in [1.807, 2.05) is 25.1 Å². The van der Waals surface area contributed by atoms with E-state index in [2.05, 4.69) is 20.6 Å². The highest BCUT2D eigenvalue weighted by molar-refractivity contribution is 7.20. The molecule has 1 atom stereocenters. The van der Waals surface area contributed by atoms with Gasteiger partial charge in [-0.3, -0.25) is 19.0 Å². The van der Waals surface area contributed by atoms with Gasteiger partial charge in [-0.15, -0.1) is 22.7 Å². The lowest BCUT2D eigenvalue weighted by molar-refractivity contribution is -0.119. The average Bonchev–Trinajstić information content (AvgIpc) is 3.39. The van der Waals surface area contributed by atoms with E-state index in [-0.39, 0.29) is 17.4 Å². The van der Waals surface area contributed by atoms with Gasteiger partial charge in [-0.1, -0.05) is 25.1 Å². The van der Waals surface area contributed by atoms with Gasteiger partial charge in [-0.25, -0.2) is 9.97 Å². The Morgan fingerprint density at radius 1 is 1.16 bits per heavy atom. The number of thiophene rings is 1. The fraction of sp³-hybridized carbons (Fsp3) is 0.190. The number of benzene rings is 1. The van der Waals surface area contributed by atoms with Crippen molar-refractivity contribution in [3.63, 3.8) is 0 Å². The lowest BCUT2D eigenvalue weighted by Gasteiger charge is -2.16. The van der Waals surface area contributed by atoms with E-state index in [0.717, 1.165) is 11.3 Å². The first-order chi connectivity index (χ1) is 15.0. The van der Waals surface area contributed by atoms with Gasteiger partial charge in [0, 0.05) is 17.3 Å². The van der Waals surface area contributed by atoms with Crippen LogP contribution in [0.2, 0.25) is 0 Å². The molecule has 0 aliphatic carbocycles. The van der Waals surface area contributed by atoms with Gasteiger partial charge in [0.15, 0.2) is 5.13 Å². The molecule has 1 aromatic carbocycles. The molecule has 0 radical (unpaired) electrons. The smallest absolute Gasteiger partial charge is 0.266 e. The molecule has 1 unspecified atom stereocenters. The molecule has 0 aliphatic rings. The molecule has 3 heterocycles. The van der Waals surface area contributed by atoms with Crippen LogP contribution in [-0.2, 0) is 4.79 Å². The molecule has 0 bridgehead atoms. The summed E-state index contributed by atoms with van der Waals surface area (Å²) in [5, 5.41) is 8.15. The number of rotatable bonds is 6. The molecule has 0 saturated heterocycles. The van der Waals surface area contributed by atoms with Crippen LogP contribution >= 0.6 is 22.7 Å². The largest absolute Gasteiger partial charge is 0.321 e. The number of hydrogen-bond donors (Lipinski definition) is 2. The molecular formula is C21H19N5O3S2. The van der Waals surface area contributed by atoms with E-state index < -0.39 is 6.04 Å². The quantitative estimate of drug-likeness (QED) is 0.458. The van der Waals surface area contributed by atoms with E-state index in [4.69, 9.17) is 0 Å². The number of fused-ring (bicyclic) bond motifs is 1. The molecule has 0 fully saturated rings. The topological polar surface area (TPSA) is 106 Å². The number of amides is 2. The second kappa shape index (κ2) is 8.78. The number of aromatic nitrogens is 3. The number of hydrogen-bond acceptors (Lipinski definition) is 7. The summed E-state index contributed by atoms with van der Waals surface area (Å²) in [5.41, 5.74) is 0.869. The minimum absolute atomic E-state index is 0.300. The first-order valence-corrected chi connectivity index (χ1v) is 11.3. The van der Waals surface area contributed by atoms with Gasteiger partial charge in [0.2, 0.25) is 5.91 Å². The van der Waals surface area contributed by atoms with Crippen molar-refractivity contribution in [1.29, 1.82) is 0 Å². The minimum Gasteiger partial charge on any atom is -0.321 e. The molecule has 10 heteroatoms. The molecule has 0 aliphatic heterocycles. The van der Waals surface area contributed by atoms with Crippen LogP contribution in [0.15, 0.2) is 53.0 Å². The molecule has 4 rings (SSSR count). The van der Waals surface area contributed by atoms with Crippen molar-refractivity contribution in [3.8, 4) is 0 Å². The summed E-state index contributed by atoms with van der Waals surface area (Å²) in [4.78, 5) is 48.1. The normalized spacial score (nSPS) is 11.9. The number of carbonyl (C=O) groups excluding carboxylic acids is 2. The van der Waals surface area contributed by atoms with Crippen LogP contribution < -0.4 is 16.2 Å². The summed E-state index contributed by atoms with van der Waals surface area (Å²) < 4.78 is 1.32. The number of nitrogens with zero attached hydrogens (tertiary/aromatic N) is 3. The lowest BCUT2D eigenvalue weighted by atomic mass is 10.1. The Bertz CT molecular complexity index is 1300. The van der Waals surface area contributed by atoms with Crippen LogP contribution in [0.25, 0.3) is 10.2 Å². The van der Waals surface area contributed by atoms with E-state index in [0.29, 0.717) is 37.9 Å². The summed E-state index contributed by atoms with van der Waals surface area (Å²) in [5.74, 6) is -0.637. The molecular weight excluding hydrogens is 434 g/mol. The van der Waals surface area contributed by atoms with Crippen LogP contribution in [0.5, 0.6) is 0 Å². The number of para-hydroxylation sites is 1. The first kappa shape index (κ1) is 20.9. The maximum Gasteiger partial charge on any atom is 0.266 e. The predicted octanol–water partition coefficient (Wildman–Crippen LogP) is 4.07. The Hall–Kier alpha value is -3.37. The molecule has 31 heavy (non-hydrogen) atoms. The van der Waals surface area contributed by atoms with Crippen molar-refractivity contribution in [2.75, 3.05) is 10.6 Å². The summed E-state index contributed by atoms with van der Waals surface area (Å²) >= 11 is 2.46. The Balaban J connectivity index is 1.68. The third-order valence-electron chi connectivity index (χ3n) is 4.80. The predicted molar refractivity (Wildman–Crippen MR) is 123 cm³/mol. The Kier molecular flexibility index (Phi) is 5.92. The van der Waals surface area contributed by atoms with Crippen LogP contribution in [-0.4, -0.2) is 26.3 Å². The van der Waals surface area contributed by atoms with Gasteiger partial charge >= 0.3 is 0 Å². The number of carbonyl (C=O) groups is 2. The van der Waals surface area contributed by atoms with Crippen LogP contribution in [0, 0.1) is 6.92 Å². The van der Waals surface area contributed by atoms with Crippen molar-refractivity contribution < 1.29 is 9.59 Å². The van der Waals surface area contributed by atoms with E-state index >= 15 is 0 Å². The van der Waals surface area contributed by atoms with Gasteiger partial charge in [0.25, 0.3) is 11.5 Å². The van der Waals surface area contributed by atoms with Crippen molar-refractivity contribution in [1.82, 2.24) is 14.5 Å². The van der Waals surface area contributed by atoms with Crippen molar-refractivity contribution in [3.05, 3.63) is 69.0 Å². The number of aryl methyl sites for hydroxylation is 1. The minimum atomic E-state index is -0.741. The second-order valence-electron chi connectivity index (χ2n) is 6.76. The first-order valence-electron chi connectivity index (χ1n) is 9.56. The molecule has 4 aromatic rings. The summed E-state index contributed by atoms with van der Waals surface area (Å²) in [6, 6.07) is 8.36. The zero-order valence-electron chi connectivity index (χ0n) is 16.8. The Labute approximate surface area is 185 Å². The number of thiazole rings is 1. The molecule has 158 valence electrons. The highest BCUT2D eigenvalue weighted by Crippen LogP contribution is 2.28. The SMILES string of the molecule is CCC(C(=O)Nc1nccs1)n1cnc2sc(C(=O)Nc3ccccc3)c(C)c2c1=O. The van der Waals surface area contributed by atoms with E-state index in [9.17, 15) is 14.4 Å². The zero-order chi connectivity index (χ0) is 22.0. The molecule has 0 saturated carbocycles. The summed E-state index contributed by atoms with van der Waals surface area (Å²) in [6.07, 6.45) is 3.36. The molecule has 3 aromatic heterocycles. The second-order valence-corrected chi connectivity index (χ2v) is 8.66. The highest BCUT2D eigenvalue weighted by Gasteiger charge is 2.25. The average molecular weight is 454 g/mol. The van der Waals surface area contributed by atoms with Crippen LogP contribution in [0.3, 0.4) is 0 Å². The summed E-state index contributed by atoms with van der Waals surface area (Å²) in [7, 11) is 0. The third kappa shape index (κ3) is 4.12. The van der Waals surface area contributed by atoms with Gasteiger partial charge in [-0.2, -0.15) is 0 Å². The van der Waals surface area contributed by atoms with Crippen LogP contribution in [0.4, 0.5) is 10.8 Å².